The molecule has 0 saturated heterocycles. The lowest BCUT2D eigenvalue weighted by molar-refractivity contribution is 0.344. The molecular formula is C18H35NO2. The standard InChI is InChI=1S/C18H35NO2/c1-4-7-8-9-10-11-12-13-14-19(15-17(20)5-2)16-18(21)6-3/h15-16,20-21H,4-14H2,1-3H3. The molecule has 0 rings (SSSR count). The van der Waals surface area contributed by atoms with Crippen molar-refractivity contribution in [3.8, 4) is 0 Å². The molecule has 21 heavy (non-hydrogen) atoms. The summed E-state index contributed by atoms with van der Waals surface area (Å²) in [6.07, 6.45) is 15.0. The summed E-state index contributed by atoms with van der Waals surface area (Å²) in [5.41, 5.74) is 0. The van der Waals surface area contributed by atoms with Crippen LogP contribution in [0.25, 0.3) is 0 Å². The van der Waals surface area contributed by atoms with Crippen LogP contribution in [0.3, 0.4) is 0 Å². The van der Waals surface area contributed by atoms with Crippen LogP contribution >= 0.6 is 0 Å². The fraction of sp³-hybridized carbons (Fsp3) is 0.778. The van der Waals surface area contributed by atoms with Crippen molar-refractivity contribution in [3.05, 3.63) is 23.9 Å². The molecule has 0 aromatic heterocycles. The molecule has 0 aliphatic carbocycles. The fourth-order valence-corrected chi connectivity index (χ4v) is 2.16. The topological polar surface area (TPSA) is 43.7 Å². The highest BCUT2D eigenvalue weighted by molar-refractivity contribution is 4.98. The van der Waals surface area contributed by atoms with Gasteiger partial charge < -0.3 is 15.1 Å². The van der Waals surface area contributed by atoms with Crippen LogP contribution in [0.1, 0.15) is 85.0 Å². The van der Waals surface area contributed by atoms with Gasteiger partial charge in [0.25, 0.3) is 0 Å². The largest absolute Gasteiger partial charge is 0.511 e. The van der Waals surface area contributed by atoms with Gasteiger partial charge in [-0.25, -0.2) is 0 Å². The third-order valence-corrected chi connectivity index (χ3v) is 3.62. The van der Waals surface area contributed by atoms with Crippen LogP contribution in [-0.2, 0) is 0 Å². The van der Waals surface area contributed by atoms with E-state index in [1.807, 2.05) is 18.7 Å². The molecule has 0 saturated carbocycles. The second-order valence-corrected chi connectivity index (χ2v) is 5.66. The lowest BCUT2D eigenvalue weighted by Crippen LogP contribution is -2.13. The Hall–Kier alpha value is -1.12. The molecule has 3 heteroatoms. The van der Waals surface area contributed by atoms with E-state index in [2.05, 4.69) is 6.92 Å². The van der Waals surface area contributed by atoms with Gasteiger partial charge in [0.05, 0.1) is 0 Å². The Balaban J connectivity index is 3.97. The molecule has 0 amide bonds. The summed E-state index contributed by atoms with van der Waals surface area (Å²) in [6, 6.07) is 0. The SMILES string of the molecule is CCCCCCCCCCN(C=C(O)CC)C=C(O)CC. The molecule has 0 aromatic carbocycles. The minimum Gasteiger partial charge on any atom is -0.511 e. The van der Waals surface area contributed by atoms with E-state index in [9.17, 15) is 10.2 Å². The van der Waals surface area contributed by atoms with Crippen molar-refractivity contribution in [2.24, 2.45) is 0 Å². The van der Waals surface area contributed by atoms with Gasteiger partial charge in [-0.15, -0.1) is 0 Å². The van der Waals surface area contributed by atoms with E-state index in [1.54, 1.807) is 12.4 Å². The number of hydrogen-bond acceptors (Lipinski definition) is 3. The zero-order chi connectivity index (χ0) is 15.9. The predicted octanol–water partition coefficient (Wildman–Crippen LogP) is 6.05. The van der Waals surface area contributed by atoms with Crippen molar-refractivity contribution in [2.75, 3.05) is 6.54 Å². The Morgan fingerprint density at radius 1 is 0.714 bits per heavy atom. The van der Waals surface area contributed by atoms with E-state index in [-0.39, 0.29) is 0 Å². The highest BCUT2D eigenvalue weighted by atomic mass is 16.3. The van der Waals surface area contributed by atoms with Crippen LogP contribution < -0.4 is 0 Å². The summed E-state index contributed by atoms with van der Waals surface area (Å²) in [5, 5.41) is 19.3. The Morgan fingerprint density at radius 3 is 1.57 bits per heavy atom. The maximum absolute atomic E-state index is 9.65. The Bertz CT molecular complexity index is 278. The molecule has 2 N–H and O–H groups in total. The van der Waals surface area contributed by atoms with Crippen LogP contribution in [-0.4, -0.2) is 21.7 Å². The molecule has 0 aliphatic heterocycles. The second-order valence-electron chi connectivity index (χ2n) is 5.66. The molecule has 0 atom stereocenters. The van der Waals surface area contributed by atoms with Gasteiger partial charge in [-0.2, -0.15) is 0 Å². The molecule has 0 fully saturated rings. The first-order chi connectivity index (χ1) is 10.1. The lowest BCUT2D eigenvalue weighted by Gasteiger charge is -2.17. The Labute approximate surface area is 131 Å². The smallest absolute Gasteiger partial charge is 0.108 e. The van der Waals surface area contributed by atoms with Gasteiger partial charge in [-0.05, 0) is 6.42 Å². The molecule has 0 bridgehead atoms. The molecule has 3 nitrogen and oxygen atoms in total. The van der Waals surface area contributed by atoms with Gasteiger partial charge in [-0.3, -0.25) is 0 Å². The van der Waals surface area contributed by atoms with Crippen molar-refractivity contribution < 1.29 is 10.2 Å². The van der Waals surface area contributed by atoms with Crippen LogP contribution in [0, 0.1) is 0 Å². The van der Waals surface area contributed by atoms with E-state index < -0.39 is 0 Å². The summed E-state index contributed by atoms with van der Waals surface area (Å²) < 4.78 is 0. The number of allylic oxidation sites excluding steroid dienone is 2. The van der Waals surface area contributed by atoms with Crippen molar-refractivity contribution in [1.29, 1.82) is 0 Å². The number of unbranched alkanes of at least 4 members (excludes halogenated alkanes) is 7. The van der Waals surface area contributed by atoms with Crippen molar-refractivity contribution in [3.63, 3.8) is 0 Å². The van der Waals surface area contributed by atoms with E-state index >= 15 is 0 Å². The van der Waals surface area contributed by atoms with E-state index in [4.69, 9.17) is 0 Å². The first-order valence-electron chi connectivity index (χ1n) is 8.69. The summed E-state index contributed by atoms with van der Waals surface area (Å²) in [4.78, 5) is 1.91. The van der Waals surface area contributed by atoms with Crippen molar-refractivity contribution >= 4 is 0 Å². The zero-order valence-corrected chi connectivity index (χ0v) is 14.3. The average Bonchev–Trinajstić information content (AvgIpc) is 2.49. The third-order valence-electron chi connectivity index (χ3n) is 3.62. The minimum atomic E-state index is 0.356. The number of hydrogen-bond donors (Lipinski definition) is 2. The first-order valence-corrected chi connectivity index (χ1v) is 8.69. The molecular weight excluding hydrogens is 262 g/mol. The molecule has 0 spiro atoms. The molecule has 124 valence electrons. The predicted molar refractivity (Wildman–Crippen MR) is 91.3 cm³/mol. The van der Waals surface area contributed by atoms with Crippen LogP contribution in [0.2, 0.25) is 0 Å². The van der Waals surface area contributed by atoms with Gasteiger partial charge in [-0.1, -0.05) is 65.7 Å². The van der Waals surface area contributed by atoms with Crippen molar-refractivity contribution in [2.45, 2.75) is 85.0 Å². The van der Waals surface area contributed by atoms with Crippen molar-refractivity contribution in [1.82, 2.24) is 4.90 Å². The van der Waals surface area contributed by atoms with E-state index in [0.717, 1.165) is 13.0 Å². The Morgan fingerprint density at radius 2 is 1.14 bits per heavy atom. The van der Waals surface area contributed by atoms with Gasteiger partial charge in [0.1, 0.15) is 11.5 Å². The number of rotatable bonds is 13. The highest BCUT2D eigenvalue weighted by Crippen LogP contribution is 2.11. The highest BCUT2D eigenvalue weighted by Gasteiger charge is 2.01. The summed E-state index contributed by atoms with van der Waals surface area (Å²) in [5.74, 6) is 0.712. The fourth-order valence-electron chi connectivity index (χ4n) is 2.16. The summed E-state index contributed by atoms with van der Waals surface area (Å²) in [6.45, 7) is 6.93. The minimum absolute atomic E-state index is 0.356. The average molecular weight is 297 g/mol. The quantitative estimate of drug-likeness (QED) is 0.321. The lowest BCUT2D eigenvalue weighted by atomic mass is 10.1. The first kappa shape index (κ1) is 19.9. The van der Waals surface area contributed by atoms with Gasteiger partial charge in [0.2, 0.25) is 0 Å². The van der Waals surface area contributed by atoms with Crippen LogP contribution in [0.4, 0.5) is 0 Å². The normalized spacial score (nSPS) is 12.7. The monoisotopic (exact) mass is 297 g/mol. The maximum atomic E-state index is 9.65. The molecule has 0 aliphatic rings. The van der Waals surface area contributed by atoms with Gasteiger partial charge in [0, 0.05) is 31.8 Å². The molecule has 0 unspecified atom stereocenters. The van der Waals surface area contributed by atoms with Crippen LogP contribution in [0.15, 0.2) is 23.9 Å². The number of aliphatic hydroxyl groups excluding tert-OH is 2. The molecule has 0 heterocycles. The maximum Gasteiger partial charge on any atom is 0.108 e. The van der Waals surface area contributed by atoms with E-state index in [0.29, 0.717) is 24.4 Å². The second kappa shape index (κ2) is 13.8. The molecule has 0 radical (unpaired) electrons. The summed E-state index contributed by atoms with van der Waals surface area (Å²) in [7, 11) is 0. The number of aliphatic hydroxyl groups is 2. The Kier molecular flexibility index (Phi) is 13.1. The van der Waals surface area contributed by atoms with Gasteiger partial charge in [0.15, 0.2) is 0 Å². The van der Waals surface area contributed by atoms with E-state index in [1.165, 1.54) is 44.9 Å². The number of nitrogens with zero attached hydrogens (tertiary/aromatic N) is 1. The van der Waals surface area contributed by atoms with Gasteiger partial charge >= 0.3 is 0 Å². The third kappa shape index (κ3) is 12.3. The van der Waals surface area contributed by atoms with Crippen LogP contribution in [0.5, 0.6) is 0 Å². The summed E-state index contributed by atoms with van der Waals surface area (Å²) >= 11 is 0. The zero-order valence-electron chi connectivity index (χ0n) is 14.3. The molecule has 0 aromatic rings.